The van der Waals surface area contributed by atoms with Crippen LogP contribution in [0.3, 0.4) is 0 Å². The smallest absolute Gasteiger partial charge is 0.274 e. The highest BCUT2D eigenvalue weighted by Crippen LogP contribution is 2.25. The SMILES string of the molecule is Cc1c(Cl)cccc1Nc1nccc(C(=O)Nc2ccccc2Cl)n1. The Morgan fingerprint density at radius 1 is 0.960 bits per heavy atom. The summed E-state index contributed by atoms with van der Waals surface area (Å²) >= 11 is 12.2. The molecule has 3 rings (SSSR count). The third-order valence-electron chi connectivity index (χ3n) is 3.52. The van der Waals surface area contributed by atoms with Crippen LogP contribution in [0.2, 0.25) is 10.0 Å². The summed E-state index contributed by atoms with van der Waals surface area (Å²) < 4.78 is 0. The normalized spacial score (nSPS) is 10.4. The number of carbonyl (C=O) groups excluding carboxylic acids is 1. The number of benzene rings is 2. The standard InChI is InChI=1S/C18H14Cl2N4O/c1-11-12(19)6-4-8-14(11)23-18-21-10-9-16(24-18)17(25)22-15-7-3-2-5-13(15)20/h2-10H,1H3,(H,22,25)(H,21,23,24). The lowest BCUT2D eigenvalue weighted by Gasteiger charge is -2.10. The molecule has 1 aromatic heterocycles. The summed E-state index contributed by atoms with van der Waals surface area (Å²) in [5.41, 5.74) is 2.39. The highest BCUT2D eigenvalue weighted by atomic mass is 35.5. The first-order chi connectivity index (χ1) is 12.0. The fraction of sp³-hybridized carbons (Fsp3) is 0.0556. The van der Waals surface area contributed by atoms with Crippen molar-refractivity contribution in [2.45, 2.75) is 6.92 Å². The second-order valence-electron chi connectivity index (χ2n) is 5.24. The molecular weight excluding hydrogens is 359 g/mol. The Kier molecular flexibility index (Phi) is 5.16. The van der Waals surface area contributed by atoms with E-state index in [2.05, 4.69) is 20.6 Å². The van der Waals surface area contributed by atoms with Crippen LogP contribution in [0.5, 0.6) is 0 Å². The van der Waals surface area contributed by atoms with Gasteiger partial charge in [0.25, 0.3) is 5.91 Å². The first-order valence-corrected chi connectivity index (χ1v) is 8.21. The quantitative estimate of drug-likeness (QED) is 0.669. The van der Waals surface area contributed by atoms with Crippen molar-refractivity contribution in [3.05, 3.63) is 76.0 Å². The lowest BCUT2D eigenvalue weighted by molar-refractivity contribution is 0.102. The Morgan fingerprint density at radius 2 is 1.68 bits per heavy atom. The van der Waals surface area contributed by atoms with Gasteiger partial charge in [-0.3, -0.25) is 4.79 Å². The third-order valence-corrected chi connectivity index (χ3v) is 4.26. The Bertz CT molecular complexity index is 930. The molecule has 0 radical (unpaired) electrons. The number of nitrogens with zero attached hydrogens (tertiary/aromatic N) is 2. The van der Waals surface area contributed by atoms with E-state index in [0.717, 1.165) is 11.3 Å². The molecular formula is C18H14Cl2N4O. The lowest BCUT2D eigenvalue weighted by Crippen LogP contribution is -2.15. The number of carbonyl (C=O) groups is 1. The molecule has 0 spiro atoms. The van der Waals surface area contributed by atoms with E-state index in [0.29, 0.717) is 21.7 Å². The first-order valence-electron chi connectivity index (χ1n) is 7.45. The molecule has 2 aromatic carbocycles. The molecule has 0 saturated carbocycles. The summed E-state index contributed by atoms with van der Waals surface area (Å²) in [6, 6.07) is 14.0. The fourth-order valence-corrected chi connectivity index (χ4v) is 2.52. The van der Waals surface area contributed by atoms with Crippen molar-refractivity contribution >= 4 is 46.4 Å². The van der Waals surface area contributed by atoms with Crippen LogP contribution in [-0.4, -0.2) is 15.9 Å². The van der Waals surface area contributed by atoms with E-state index in [-0.39, 0.29) is 11.6 Å². The van der Waals surface area contributed by atoms with Crippen molar-refractivity contribution < 1.29 is 4.79 Å². The molecule has 0 aliphatic heterocycles. The molecule has 0 fully saturated rings. The number of halogens is 2. The van der Waals surface area contributed by atoms with Crippen LogP contribution in [0.1, 0.15) is 16.1 Å². The summed E-state index contributed by atoms with van der Waals surface area (Å²) in [5.74, 6) is -0.0708. The summed E-state index contributed by atoms with van der Waals surface area (Å²) in [6.07, 6.45) is 1.51. The summed E-state index contributed by atoms with van der Waals surface area (Å²) in [6.45, 7) is 1.89. The van der Waals surface area contributed by atoms with Gasteiger partial charge in [-0.05, 0) is 42.8 Å². The van der Waals surface area contributed by atoms with Crippen LogP contribution in [0.25, 0.3) is 0 Å². The number of aromatic nitrogens is 2. The van der Waals surface area contributed by atoms with Crippen LogP contribution < -0.4 is 10.6 Å². The second-order valence-corrected chi connectivity index (χ2v) is 6.05. The molecule has 7 heteroatoms. The fourth-order valence-electron chi connectivity index (χ4n) is 2.16. The van der Waals surface area contributed by atoms with Gasteiger partial charge in [-0.25, -0.2) is 9.97 Å². The predicted octanol–water partition coefficient (Wildman–Crippen LogP) is 5.09. The Balaban J connectivity index is 1.80. The van der Waals surface area contributed by atoms with E-state index in [1.807, 2.05) is 19.1 Å². The Morgan fingerprint density at radius 3 is 2.48 bits per heavy atom. The van der Waals surface area contributed by atoms with Crippen LogP contribution in [0.15, 0.2) is 54.7 Å². The van der Waals surface area contributed by atoms with Gasteiger partial charge in [0.15, 0.2) is 0 Å². The molecule has 0 saturated heterocycles. The highest BCUT2D eigenvalue weighted by Gasteiger charge is 2.11. The van der Waals surface area contributed by atoms with Crippen molar-refractivity contribution in [2.24, 2.45) is 0 Å². The van der Waals surface area contributed by atoms with E-state index >= 15 is 0 Å². The third kappa shape index (κ3) is 4.07. The van der Waals surface area contributed by atoms with Crippen molar-refractivity contribution in [3.63, 3.8) is 0 Å². The molecule has 0 aliphatic rings. The van der Waals surface area contributed by atoms with Gasteiger partial charge in [0, 0.05) is 16.9 Å². The number of hydrogen-bond acceptors (Lipinski definition) is 4. The maximum atomic E-state index is 12.4. The average molecular weight is 373 g/mol. The molecule has 1 amide bonds. The van der Waals surface area contributed by atoms with Crippen LogP contribution in [0.4, 0.5) is 17.3 Å². The lowest BCUT2D eigenvalue weighted by atomic mass is 10.2. The van der Waals surface area contributed by atoms with E-state index in [4.69, 9.17) is 23.2 Å². The Labute approximate surface area is 155 Å². The minimum atomic E-state index is -0.374. The number of anilines is 3. The monoisotopic (exact) mass is 372 g/mol. The van der Waals surface area contributed by atoms with E-state index < -0.39 is 0 Å². The van der Waals surface area contributed by atoms with Crippen LogP contribution in [0, 0.1) is 6.92 Å². The zero-order valence-corrected chi connectivity index (χ0v) is 14.8. The molecule has 5 nitrogen and oxygen atoms in total. The molecule has 3 aromatic rings. The molecule has 1 heterocycles. The minimum Gasteiger partial charge on any atom is -0.324 e. The van der Waals surface area contributed by atoms with Gasteiger partial charge >= 0.3 is 0 Å². The van der Waals surface area contributed by atoms with Gasteiger partial charge in [0.05, 0.1) is 10.7 Å². The van der Waals surface area contributed by atoms with Gasteiger partial charge in [0.1, 0.15) is 5.69 Å². The number of para-hydroxylation sites is 1. The zero-order valence-electron chi connectivity index (χ0n) is 13.3. The van der Waals surface area contributed by atoms with E-state index in [1.54, 1.807) is 30.3 Å². The number of nitrogens with one attached hydrogen (secondary N) is 2. The van der Waals surface area contributed by atoms with Crippen LogP contribution >= 0.6 is 23.2 Å². The van der Waals surface area contributed by atoms with Gasteiger partial charge < -0.3 is 10.6 Å². The minimum absolute atomic E-state index is 0.220. The number of rotatable bonds is 4. The second kappa shape index (κ2) is 7.51. The van der Waals surface area contributed by atoms with Crippen molar-refractivity contribution in [1.82, 2.24) is 9.97 Å². The Hall–Kier alpha value is -2.63. The summed E-state index contributed by atoms with van der Waals surface area (Å²) in [5, 5.41) is 6.89. The maximum Gasteiger partial charge on any atom is 0.274 e. The molecule has 0 bridgehead atoms. The molecule has 0 aliphatic carbocycles. The number of amides is 1. The first kappa shape index (κ1) is 17.2. The largest absolute Gasteiger partial charge is 0.324 e. The van der Waals surface area contributed by atoms with Crippen molar-refractivity contribution in [1.29, 1.82) is 0 Å². The van der Waals surface area contributed by atoms with Gasteiger partial charge in [-0.2, -0.15) is 0 Å². The highest BCUT2D eigenvalue weighted by molar-refractivity contribution is 6.33. The zero-order chi connectivity index (χ0) is 17.8. The topological polar surface area (TPSA) is 66.9 Å². The summed E-state index contributed by atoms with van der Waals surface area (Å²) in [4.78, 5) is 20.8. The molecule has 0 atom stereocenters. The summed E-state index contributed by atoms with van der Waals surface area (Å²) in [7, 11) is 0. The average Bonchev–Trinajstić information content (AvgIpc) is 2.61. The molecule has 0 unspecified atom stereocenters. The predicted molar refractivity (Wildman–Crippen MR) is 101 cm³/mol. The van der Waals surface area contributed by atoms with Crippen LogP contribution in [-0.2, 0) is 0 Å². The number of hydrogen-bond donors (Lipinski definition) is 2. The molecule has 126 valence electrons. The van der Waals surface area contributed by atoms with E-state index in [1.165, 1.54) is 12.3 Å². The van der Waals surface area contributed by atoms with Gasteiger partial charge in [-0.15, -0.1) is 0 Å². The van der Waals surface area contributed by atoms with E-state index in [9.17, 15) is 4.79 Å². The van der Waals surface area contributed by atoms with Crippen molar-refractivity contribution in [3.8, 4) is 0 Å². The van der Waals surface area contributed by atoms with Crippen molar-refractivity contribution in [2.75, 3.05) is 10.6 Å². The molecule has 25 heavy (non-hydrogen) atoms. The van der Waals surface area contributed by atoms with Gasteiger partial charge in [-0.1, -0.05) is 41.4 Å². The maximum absolute atomic E-state index is 12.4. The molecule has 2 N–H and O–H groups in total. The van der Waals surface area contributed by atoms with Gasteiger partial charge in [0.2, 0.25) is 5.95 Å².